The maximum atomic E-state index is 13.3. The van der Waals surface area contributed by atoms with E-state index in [2.05, 4.69) is 10.6 Å². The van der Waals surface area contributed by atoms with E-state index in [0.29, 0.717) is 16.6 Å². The van der Waals surface area contributed by atoms with Gasteiger partial charge in [-0.25, -0.2) is 8.78 Å². The zero-order valence-corrected chi connectivity index (χ0v) is 13.3. The molecule has 0 fully saturated rings. The van der Waals surface area contributed by atoms with Crippen LogP contribution in [0.1, 0.15) is 20.7 Å². The second kappa shape index (κ2) is 6.68. The average Bonchev–Trinajstić information content (AvgIpc) is 2.63. The minimum atomic E-state index is -1.10. The third-order valence-corrected chi connectivity index (χ3v) is 3.81. The molecule has 0 aliphatic carbocycles. The van der Waals surface area contributed by atoms with E-state index in [0.717, 1.165) is 17.5 Å². The molecule has 0 spiro atoms. The van der Waals surface area contributed by atoms with Gasteiger partial charge in [0.1, 0.15) is 0 Å². The Morgan fingerprint density at radius 2 is 1.60 bits per heavy atom. The lowest BCUT2D eigenvalue weighted by Gasteiger charge is -2.12. The third kappa shape index (κ3) is 3.19. The van der Waals surface area contributed by atoms with Gasteiger partial charge in [0, 0.05) is 29.2 Å². The number of anilines is 1. The van der Waals surface area contributed by atoms with Crippen molar-refractivity contribution in [2.24, 2.45) is 0 Å². The quantitative estimate of drug-likeness (QED) is 0.763. The van der Waals surface area contributed by atoms with Crippen molar-refractivity contribution in [2.45, 2.75) is 0 Å². The summed E-state index contributed by atoms with van der Waals surface area (Å²) in [5.74, 6) is -3.02. The Labute approximate surface area is 142 Å². The number of hydrogen-bond acceptors (Lipinski definition) is 2. The second-order valence-corrected chi connectivity index (χ2v) is 5.37. The number of carbonyl (C=O) groups is 2. The SMILES string of the molecule is CNC(=O)c1cccc2cccc(NC(=O)c3ccc(F)c(F)c3)c12. The van der Waals surface area contributed by atoms with Crippen LogP contribution >= 0.6 is 0 Å². The number of carbonyl (C=O) groups excluding carboxylic acids is 2. The second-order valence-electron chi connectivity index (χ2n) is 5.37. The normalized spacial score (nSPS) is 10.5. The van der Waals surface area contributed by atoms with Crippen molar-refractivity contribution >= 4 is 28.3 Å². The summed E-state index contributed by atoms with van der Waals surface area (Å²) in [6.07, 6.45) is 0. The average molecular weight is 340 g/mol. The van der Waals surface area contributed by atoms with E-state index in [4.69, 9.17) is 0 Å². The Morgan fingerprint density at radius 1 is 0.880 bits per heavy atom. The van der Waals surface area contributed by atoms with Crippen LogP contribution in [0.5, 0.6) is 0 Å². The molecule has 6 heteroatoms. The molecule has 3 rings (SSSR count). The lowest BCUT2D eigenvalue weighted by atomic mass is 10.0. The molecular weight excluding hydrogens is 326 g/mol. The van der Waals surface area contributed by atoms with Gasteiger partial charge in [-0.2, -0.15) is 0 Å². The van der Waals surface area contributed by atoms with Gasteiger partial charge < -0.3 is 10.6 Å². The summed E-state index contributed by atoms with van der Waals surface area (Å²) < 4.78 is 26.4. The number of nitrogens with one attached hydrogen (secondary N) is 2. The highest BCUT2D eigenvalue weighted by molar-refractivity contribution is 6.15. The number of halogens is 2. The Morgan fingerprint density at radius 3 is 2.28 bits per heavy atom. The Bertz CT molecular complexity index is 981. The Kier molecular flexibility index (Phi) is 4.43. The van der Waals surface area contributed by atoms with Crippen molar-refractivity contribution in [1.82, 2.24) is 5.32 Å². The summed E-state index contributed by atoms with van der Waals surface area (Å²) in [6, 6.07) is 13.3. The van der Waals surface area contributed by atoms with Crippen LogP contribution in [0.15, 0.2) is 54.6 Å². The molecule has 25 heavy (non-hydrogen) atoms. The molecular formula is C19H14F2N2O2. The fraction of sp³-hybridized carbons (Fsp3) is 0.0526. The largest absolute Gasteiger partial charge is 0.355 e. The molecule has 0 saturated heterocycles. The van der Waals surface area contributed by atoms with E-state index in [-0.39, 0.29) is 11.5 Å². The summed E-state index contributed by atoms with van der Waals surface area (Å²) in [4.78, 5) is 24.5. The number of rotatable bonds is 3. The molecule has 0 bridgehead atoms. The molecule has 0 atom stereocenters. The first-order valence-electron chi connectivity index (χ1n) is 7.51. The van der Waals surface area contributed by atoms with Gasteiger partial charge in [0.25, 0.3) is 11.8 Å². The zero-order chi connectivity index (χ0) is 18.0. The lowest BCUT2D eigenvalue weighted by molar-refractivity contribution is 0.0963. The molecule has 2 amide bonds. The van der Waals surface area contributed by atoms with E-state index in [1.807, 2.05) is 12.1 Å². The van der Waals surface area contributed by atoms with Gasteiger partial charge in [-0.3, -0.25) is 9.59 Å². The van der Waals surface area contributed by atoms with Crippen LogP contribution in [-0.4, -0.2) is 18.9 Å². The summed E-state index contributed by atoms with van der Waals surface area (Å²) in [7, 11) is 1.52. The predicted octanol–water partition coefficient (Wildman–Crippen LogP) is 3.73. The van der Waals surface area contributed by atoms with E-state index >= 15 is 0 Å². The van der Waals surface area contributed by atoms with E-state index in [1.165, 1.54) is 13.1 Å². The van der Waals surface area contributed by atoms with Crippen molar-refractivity contribution < 1.29 is 18.4 Å². The van der Waals surface area contributed by atoms with Crippen molar-refractivity contribution in [2.75, 3.05) is 12.4 Å². The van der Waals surface area contributed by atoms with Crippen LogP contribution in [0.25, 0.3) is 10.8 Å². The predicted molar refractivity (Wildman–Crippen MR) is 91.6 cm³/mol. The fourth-order valence-electron chi connectivity index (χ4n) is 2.60. The third-order valence-electron chi connectivity index (χ3n) is 3.81. The van der Waals surface area contributed by atoms with Gasteiger partial charge in [0.15, 0.2) is 11.6 Å². The molecule has 4 nitrogen and oxygen atoms in total. The van der Waals surface area contributed by atoms with Crippen molar-refractivity contribution in [3.8, 4) is 0 Å². The zero-order valence-electron chi connectivity index (χ0n) is 13.3. The molecule has 0 radical (unpaired) electrons. The molecule has 0 saturated carbocycles. The van der Waals surface area contributed by atoms with E-state index < -0.39 is 17.5 Å². The number of amides is 2. The minimum absolute atomic E-state index is 0.0201. The van der Waals surface area contributed by atoms with Crippen LogP contribution in [0, 0.1) is 11.6 Å². The Balaban J connectivity index is 2.05. The molecule has 0 aliphatic heterocycles. The standard InChI is InChI=1S/C19H14F2N2O2/c1-22-19(25)13-6-2-4-11-5-3-7-16(17(11)13)23-18(24)12-8-9-14(20)15(21)10-12/h2-10H,1H3,(H,22,25)(H,23,24). The van der Waals surface area contributed by atoms with E-state index in [9.17, 15) is 18.4 Å². The van der Waals surface area contributed by atoms with E-state index in [1.54, 1.807) is 24.3 Å². The summed E-state index contributed by atoms with van der Waals surface area (Å²) in [5, 5.41) is 6.55. The molecule has 126 valence electrons. The lowest BCUT2D eigenvalue weighted by Crippen LogP contribution is -2.19. The van der Waals surface area contributed by atoms with Gasteiger partial charge in [0.05, 0.1) is 0 Å². The van der Waals surface area contributed by atoms with Crippen molar-refractivity contribution in [3.05, 3.63) is 77.4 Å². The number of hydrogen-bond donors (Lipinski definition) is 2. The van der Waals surface area contributed by atoms with Crippen LogP contribution in [0.2, 0.25) is 0 Å². The molecule has 0 unspecified atom stereocenters. The maximum absolute atomic E-state index is 13.3. The van der Waals surface area contributed by atoms with Crippen molar-refractivity contribution in [1.29, 1.82) is 0 Å². The van der Waals surface area contributed by atoms with Crippen molar-refractivity contribution in [3.63, 3.8) is 0 Å². The highest BCUT2D eigenvalue weighted by Gasteiger charge is 2.15. The first-order chi connectivity index (χ1) is 12.0. The maximum Gasteiger partial charge on any atom is 0.255 e. The Hall–Kier alpha value is -3.28. The van der Waals surface area contributed by atoms with Crippen LogP contribution in [-0.2, 0) is 0 Å². The highest BCUT2D eigenvalue weighted by Crippen LogP contribution is 2.27. The summed E-state index contributed by atoms with van der Waals surface area (Å²) in [5.41, 5.74) is 0.793. The first kappa shape index (κ1) is 16.6. The monoisotopic (exact) mass is 340 g/mol. The first-order valence-corrected chi connectivity index (χ1v) is 7.51. The summed E-state index contributed by atoms with van der Waals surface area (Å²) in [6.45, 7) is 0. The fourth-order valence-corrected chi connectivity index (χ4v) is 2.60. The molecule has 0 aromatic heterocycles. The smallest absolute Gasteiger partial charge is 0.255 e. The summed E-state index contributed by atoms with van der Waals surface area (Å²) >= 11 is 0. The topological polar surface area (TPSA) is 58.2 Å². The highest BCUT2D eigenvalue weighted by atomic mass is 19.2. The van der Waals surface area contributed by atoms with Gasteiger partial charge >= 0.3 is 0 Å². The molecule has 3 aromatic rings. The van der Waals surface area contributed by atoms with Crippen LogP contribution in [0.3, 0.4) is 0 Å². The van der Waals surface area contributed by atoms with Crippen LogP contribution in [0.4, 0.5) is 14.5 Å². The molecule has 3 aromatic carbocycles. The van der Waals surface area contributed by atoms with Gasteiger partial charge in [-0.05, 0) is 35.7 Å². The van der Waals surface area contributed by atoms with Gasteiger partial charge in [-0.15, -0.1) is 0 Å². The van der Waals surface area contributed by atoms with Gasteiger partial charge in [0.2, 0.25) is 0 Å². The number of fused-ring (bicyclic) bond motifs is 1. The molecule has 2 N–H and O–H groups in total. The van der Waals surface area contributed by atoms with Gasteiger partial charge in [-0.1, -0.05) is 24.3 Å². The minimum Gasteiger partial charge on any atom is -0.355 e. The number of benzene rings is 3. The van der Waals surface area contributed by atoms with Crippen LogP contribution < -0.4 is 10.6 Å². The molecule has 0 heterocycles. The molecule has 0 aliphatic rings.